The van der Waals surface area contributed by atoms with E-state index in [1.54, 1.807) is 0 Å². The Morgan fingerprint density at radius 2 is 1.41 bits per heavy atom. The number of unbranched alkanes of at least 4 members (excludes halogenated alkanes) is 9. The maximum Gasteiger partial charge on any atom is 0.306 e. The Kier molecular flexibility index (Phi) is 20.2. The van der Waals surface area contributed by atoms with Gasteiger partial charge in [-0.05, 0) is 32.1 Å². The first-order valence-corrected chi connectivity index (χ1v) is 14.8. The van der Waals surface area contributed by atoms with Crippen molar-refractivity contribution in [3.63, 3.8) is 0 Å². The third kappa shape index (κ3) is 15.7. The number of aliphatic hydroxyl groups excluding tert-OH is 4. The van der Waals surface area contributed by atoms with Crippen molar-refractivity contribution < 1.29 is 49.0 Å². The molecule has 10 heteroatoms. The summed E-state index contributed by atoms with van der Waals surface area (Å²) in [6, 6.07) is 0. The van der Waals surface area contributed by atoms with Gasteiger partial charge in [0.25, 0.3) is 0 Å². The van der Waals surface area contributed by atoms with Crippen LogP contribution in [0.25, 0.3) is 0 Å². The van der Waals surface area contributed by atoms with Crippen LogP contribution in [0.3, 0.4) is 0 Å². The fraction of sp³-hybridized carbons (Fsp3) is 0.862. The van der Waals surface area contributed by atoms with E-state index in [1.807, 2.05) is 0 Å². The van der Waals surface area contributed by atoms with Crippen LogP contribution in [0.2, 0.25) is 0 Å². The molecule has 6 unspecified atom stereocenters. The highest BCUT2D eigenvalue weighted by Gasteiger charge is 2.44. The zero-order valence-corrected chi connectivity index (χ0v) is 23.9. The van der Waals surface area contributed by atoms with Crippen molar-refractivity contribution in [1.82, 2.24) is 0 Å². The summed E-state index contributed by atoms with van der Waals surface area (Å²) in [7, 11) is 0. The lowest BCUT2D eigenvalue weighted by Crippen LogP contribution is -2.59. The SMILES string of the molecule is CCC/C=C\CCCCCCCC(=O)OC(COC(=O)CCCCCC)COC1OC(CO)C(O)C(O)C1O. The molecule has 1 aliphatic rings. The molecule has 1 saturated heterocycles. The van der Waals surface area contributed by atoms with Gasteiger partial charge in [0, 0.05) is 12.8 Å². The molecule has 4 N–H and O–H groups in total. The summed E-state index contributed by atoms with van der Waals surface area (Å²) >= 11 is 0. The minimum atomic E-state index is -1.59. The molecule has 0 radical (unpaired) electrons. The van der Waals surface area contributed by atoms with Gasteiger partial charge in [-0.25, -0.2) is 0 Å². The van der Waals surface area contributed by atoms with E-state index >= 15 is 0 Å². The fourth-order valence-electron chi connectivity index (χ4n) is 4.19. The molecule has 0 aromatic rings. The third-order valence-corrected chi connectivity index (χ3v) is 6.63. The summed E-state index contributed by atoms with van der Waals surface area (Å²) in [6.07, 6.45) is 8.78. The molecule has 228 valence electrons. The Hall–Kier alpha value is -1.56. The molecule has 0 amide bonds. The predicted octanol–water partition coefficient (Wildman–Crippen LogP) is 3.32. The number of allylic oxidation sites excluding steroid dienone is 2. The van der Waals surface area contributed by atoms with Gasteiger partial charge in [0.15, 0.2) is 12.4 Å². The van der Waals surface area contributed by atoms with Crippen LogP contribution in [0.4, 0.5) is 0 Å². The van der Waals surface area contributed by atoms with Crippen LogP contribution in [0.1, 0.15) is 104 Å². The van der Waals surface area contributed by atoms with E-state index < -0.39 is 55.4 Å². The number of hydrogen-bond donors (Lipinski definition) is 4. The van der Waals surface area contributed by atoms with E-state index in [0.717, 1.165) is 64.2 Å². The van der Waals surface area contributed by atoms with E-state index in [9.17, 15) is 30.0 Å². The highest BCUT2D eigenvalue weighted by molar-refractivity contribution is 5.70. The highest BCUT2D eigenvalue weighted by atomic mass is 16.7. The van der Waals surface area contributed by atoms with Crippen LogP contribution in [0.5, 0.6) is 0 Å². The van der Waals surface area contributed by atoms with Crippen LogP contribution in [0, 0.1) is 0 Å². The van der Waals surface area contributed by atoms with Crippen LogP contribution in [-0.4, -0.2) is 89.0 Å². The van der Waals surface area contributed by atoms with Crippen LogP contribution >= 0.6 is 0 Å². The second-order valence-corrected chi connectivity index (χ2v) is 10.2. The molecule has 1 rings (SSSR count). The number of esters is 2. The zero-order valence-electron chi connectivity index (χ0n) is 23.9. The number of aliphatic hydroxyl groups is 4. The monoisotopic (exact) mass is 560 g/mol. The topological polar surface area (TPSA) is 152 Å². The largest absolute Gasteiger partial charge is 0.462 e. The molecule has 0 spiro atoms. The molecule has 1 aliphatic heterocycles. The van der Waals surface area contributed by atoms with Crippen molar-refractivity contribution in [2.45, 2.75) is 141 Å². The van der Waals surface area contributed by atoms with E-state index in [1.165, 1.54) is 0 Å². The average Bonchev–Trinajstić information content (AvgIpc) is 2.93. The smallest absolute Gasteiger partial charge is 0.306 e. The lowest BCUT2D eigenvalue weighted by molar-refractivity contribution is -0.305. The average molecular weight is 561 g/mol. The summed E-state index contributed by atoms with van der Waals surface area (Å²) in [6.45, 7) is 3.16. The number of carbonyl (C=O) groups excluding carboxylic acids is 2. The Bertz CT molecular complexity index is 668. The maximum atomic E-state index is 12.5. The van der Waals surface area contributed by atoms with Crippen molar-refractivity contribution in [2.24, 2.45) is 0 Å². The molecular formula is C29H52O10. The van der Waals surface area contributed by atoms with Crippen molar-refractivity contribution in [3.8, 4) is 0 Å². The van der Waals surface area contributed by atoms with Crippen LogP contribution in [0.15, 0.2) is 12.2 Å². The van der Waals surface area contributed by atoms with E-state index in [2.05, 4.69) is 26.0 Å². The van der Waals surface area contributed by atoms with E-state index in [4.69, 9.17) is 18.9 Å². The van der Waals surface area contributed by atoms with Crippen LogP contribution in [-0.2, 0) is 28.5 Å². The van der Waals surface area contributed by atoms with Crippen molar-refractivity contribution in [1.29, 1.82) is 0 Å². The minimum absolute atomic E-state index is 0.220. The van der Waals surface area contributed by atoms with E-state index in [0.29, 0.717) is 12.8 Å². The molecule has 39 heavy (non-hydrogen) atoms. The molecule has 0 bridgehead atoms. The molecule has 6 atom stereocenters. The lowest BCUT2D eigenvalue weighted by Gasteiger charge is -2.39. The fourth-order valence-corrected chi connectivity index (χ4v) is 4.19. The van der Waals surface area contributed by atoms with E-state index in [-0.39, 0.29) is 26.1 Å². The van der Waals surface area contributed by atoms with Gasteiger partial charge in [0.1, 0.15) is 31.0 Å². The molecule has 0 aromatic heterocycles. The number of rotatable bonds is 22. The van der Waals surface area contributed by atoms with Gasteiger partial charge in [-0.3, -0.25) is 9.59 Å². The summed E-state index contributed by atoms with van der Waals surface area (Å²) in [5.41, 5.74) is 0. The normalized spacial score (nSPS) is 24.1. The van der Waals surface area contributed by atoms with Crippen molar-refractivity contribution in [2.75, 3.05) is 19.8 Å². The molecule has 0 aromatic carbocycles. The first-order valence-electron chi connectivity index (χ1n) is 14.8. The van der Waals surface area contributed by atoms with Gasteiger partial charge < -0.3 is 39.4 Å². The van der Waals surface area contributed by atoms with Gasteiger partial charge in [-0.15, -0.1) is 0 Å². The molecule has 0 aliphatic carbocycles. The Balaban J connectivity index is 2.50. The third-order valence-electron chi connectivity index (χ3n) is 6.63. The minimum Gasteiger partial charge on any atom is -0.462 e. The summed E-state index contributed by atoms with van der Waals surface area (Å²) in [4.78, 5) is 24.6. The van der Waals surface area contributed by atoms with Crippen LogP contribution < -0.4 is 0 Å². The summed E-state index contributed by atoms with van der Waals surface area (Å²) in [5, 5.41) is 39.5. The van der Waals surface area contributed by atoms with Gasteiger partial charge in [-0.1, -0.05) is 70.9 Å². The van der Waals surface area contributed by atoms with Gasteiger partial charge >= 0.3 is 11.9 Å². The number of ether oxygens (including phenoxy) is 4. The van der Waals surface area contributed by atoms with Gasteiger partial charge in [0.05, 0.1) is 13.2 Å². The first-order chi connectivity index (χ1) is 18.8. The van der Waals surface area contributed by atoms with Gasteiger partial charge in [0.2, 0.25) is 0 Å². The molecular weight excluding hydrogens is 508 g/mol. The Morgan fingerprint density at radius 1 is 0.769 bits per heavy atom. The second kappa shape index (κ2) is 22.2. The highest BCUT2D eigenvalue weighted by Crippen LogP contribution is 2.22. The standard InChI is InChI=1S/C29H52O10/c1-3-5-7-9-10-11-12-13-14-16-18-25(32)38-22(20-36-24(31)17-15-8-6-4-2)21-37-29-28(35)27(34)26(33)23(19-30)39-29/h7,9,22-23,26-30,33-35H,3-6,8,10-21H2,1-2H3/b9-7-. The van der Waals surface area contributed by atoms with Crippen molar-refractivity contribution in [3.05, 3.63) is 12.2 Å². The lowest BCUT2D eigenvalue weighted by atomic mass is 9.99. The van der Waals surface area contributed by atoms with Crippen molar-refractivity contribution >= 4 is 11.9 Å². The molecule has 10 nitrogen and oxygen atoms in total. The summed E-state index contributed by atoms with van der Waals surface area (Å²) in [5.74, 6) is -0.844. The van der Waals surface area contributed by atoms with Gasteiger partial charge in [-0.2, -0.15) is 0 Å². The predicted molar refractivity (Wildman–Crippen MR) is 146 cm³/mol. The Labute approximate surface area is 233 Å². The quantitative estimate of drug-likeness (QED) is 0.0881. The molecule has 0 saturated carbocycles. The molecule has 1 fully saturated rings. The summed E-state index contributed by atoms with van der Waals surface area (Å²) < 4.78 is 21.7. The Morgan fingerprint density at radius 3 is 2.10 bits per heavy atom. The number of hydrogen-bond acceptors (Lipinski definition) is 10. The molecule has 1 heterocycles. The number of carbonyl (C=O) groups is 2. The first kappa shape index (κ1) is 35.5. The zero-order chi connectivity index (χ0) is 28.9. The second-order valence-electron chi connectivity index (χ2n) is 10.2. The maximum absolute atomic E-state index is 12.5.